The van der Waals surface area contributed by atoms with E-state index in [0.717, 1.165) is 19.3 Å². The third kappa shape index (κ3) is 2.66. The molecule has 100 valence electrons. The highest BCUT2D eigenvalue weighted by Gasteiger charge is 2.32. The van der Waals surface area contributed by atoms with Gasteiger partial charge in [0.2, 0.25) is 5.91 Å². The molecule has 2 rings (SSSR count). The minimum Gasteiger partial charge on any atom is -0.338 e. The first kappa shape index (κ1) is 12.9. The SMILES string of the molecule is CCN(C(=O)Cn1cnnn1)C1CCCC1CN. The van der Waals surface area contributed by atoms with Gasteiger partial charge in [0.1, 0.15) is 12.9 Å². The van der Waals surface area contributed by atoms with E-state index in [9.17, 15) is 4.79 Å². The summed E-state index contributed by atoms with van der Waals surface area (Å²) in [6.07, 6.45) is 4.79. The molecule has 18 heavy (non-hydrogen) atoms. The maximum atomic E-state index is 12.3. The van der Waals surface area contributed by atoms with Crippen LogP contribution in [0.3, 0.4) is 0 Å². The van der Waals surface area contributed by atoms with Crippen LogP contribution in [0.4, 0.5) is 0 Å². The van der Waals surface area contributed by atoms with Crippen LogP contribution in [0, 0.1) is 5.92 Å². The number of likely N-dealkylation sites (N-methyl/N-ethyl adjacent to an activating group) is 1. The van der Waals surface area contributed by atoms with Gasteiger partial charge in [-0.1, -0.05) is 6.42 Å². The van der Waals surface area contributed by atoms with Crippen LogP contribution in [0.5, 0.6) is 0 Å². The Kier molecular flexibility index (Phi) is 4.24. The molecule has 2 atom stereocenters. The van der Waals surface area contributed by atoms with E-state index in [4.69, 9.17) is 5.73 Å². The van der Waals surface area contributed by atoms with Gasteiger partial charge in [-0.05, 0) is 42.7 Å². The highest BCUT2D eigenvalue weighted by molar-refractivity contribution is 5.76. The van der Waals surface area contributed by atoms with E-state index in [1.807, 2.05) is 11.8 Å². The number of amides is 1. The molecule has 1 heterocycles. The Morgan fingerprint density at radius 2 is 2.39 bits per heavy atom. The van der Waals surface area contributed by atoms with Crippen LogP contribution < -0.4 is 5.73 Å². The largest absolute Gasteiger partial charge is 0.338 e. The summed E-state index contributed by atoms with van der Waals surface area (Å²) in [4.78, 5) is 14.2. The molecule has 1 fully saturated rings. The van der Waals surface area contributed by atoms with E-state index in [1.54, 1.807) is 0 Å². The first-order valence-corrected chi connectivity index (χ1v) is 6.46. The second-order valence-corrected chi connectivity index (χ2v) is 4.68. The molecule has 2 unspecified atom stereocenters. The zero-order valence-corrected chi connectivity index (χ0v) is 10.7. The average molecular weight is 252 g/mol. The lowest BCUT2D eigenvalue weighted by molar-refractivity contribution is -0.134. The van der Waals surface area contributed by atoms with Gasteiger partial charge in [-0.25, -0.2) is 4.68 Å². The van der Waals surface area contributed by atoms with Crippen LogP contribution in [-0.2, 0) is 11.3 Å². The first-order valence-electron chi connectivity index (χ1n) is 6.46. The maximum absolute atomic E-state index is 12.3. The van der Waals surface area contributed by atoms with Crippen LogP contribution in [0.15, 0.2) is 6.33 Å². The quantitative estimate of drug-likeness (QED) is 0.773. The van der Waals surface area contributed by atoms with Gasteiger partial charge in [-0.15, -0.1) is 5.10 Å². The molecule has 0 bridgehead atoms. The second kappa shape index (κ2) is 5.90. The molecule has 7 heteroatoms. The van der Waals surface area contributed by atoms with E-state index in [0.29, 0.717) is 19.0 Å². The zero-order valence-electron chi connectivity index (χ0n) is 10.7. The smallest absolute Gasteiger partial charge is 0.244 e. The fraction of sp³-hybridized carbons (Fsp3) is 0.818. The van der Waals surface area contributed by atoms with Gasteiger partial charge in [-0.2, -0.15) is 0 Å². The van der Waals surface area contributed by atoms with Crippen molar-refractivity contribution in [2.75, 3.05) is 13.1 Å². The summed E-state index contributed by atoms with van der Waals surface area (Å²) in [5.41, 5.74) is 5.78. The van der Waals surface area contributed by atoms with Gasteiger partial charge >= 0.3 is 0 Å². The zero-order chi connectivity index (χ0) is 13.0. The number of nitrogens with zero attached hydrogens (tertiary/aromatic N) is 5. The third-order valence-electron chi connectivity index (χ3n) is 3.67. The lowest BCUT2D eigenvalue weighted by Gasteiger charge is -2.31. The van der Waals surface area contributed by atoms with Gasteiger partial charge < -0.3 is 10.6 Å². The molecular weight excluding hydrogens is 232 g/mol. The molecule has 1 amide bonds. The summed E-state index contributed by atoms with van der Waals surface area (Å²) in [7, 11) is 0. The van der Waals surface area contributed by atoms with E-state index < -0.39 is 0 Å². The van der Waals surface area contributed by atoms with E-state index in [2.05, 4.69) is 15.5 Å². The van der Waals surface area contributed by atoms with Crippen molar-refractivity contribution in [1.29, 1.82) is 0 Å². The van der Waals surface area contributed by atoms with Crippen LogP contribution in [-0.4, -0.2) is 50.1 Å². The highest BCUT2D eigenvalue weighted by Crippen LogP contribution is 2.29. The van der Waals surface area contributed by atoms with Gasteiger partial charge in [0, 0.05) is 12.6 Å². The normalized spacial score (nSPS) is 23.2. The second-order valence-electron chi connectivity index (χ2n) is 4.68. The number of aromatic nitrogens is 4. The summed E-state index contributed by atoms with van der Waals surface area (Å²) in [6.45, 7) is 3.57. The molecule has 1 aliphatic rings. The Morgan fingerprint density at radius 3 is 3.00 bits per heavy atom. The Bertz CT molecular complexity index is 379. The van der Waals surface area contributed by atoms with Crippen LogP contribution >= 0.6 is 0 Å². The van der Waals surface area contributed by atoms with Crippen LogP contribution in [0.25, 0.3) is 0 Å². The maximum Gasteiger partial charge on any atom is 0.244 e. The first-order chi connectivity index (χ1) is 8.76. The average Bonchev–Trinajstić information content (AvgIpc) is 3.01. The summed E-state index contributed by atoms with van der Waals surface area (Å²) >= 11 is 0. The Balaban J connectivity index is 2.01. The van der Waals surface area contributed by atoms with Crippen molar-refractivity contribution in [2.45, 2.75) is 38.8 Å². The molecule has 0 spiro atoms. The fourth-order valence-electron chi connectivity index (χ4n) is 2.78. The number of rotatable bonds is 5. The lowest BCUT2D eigenvalue weighted by atomic mass is 10.0. The molecule has 1 aromatic rings. The van der Waals surface area contributed by atoms with Crippen molar-refractivity contribution >= 4 is 5.91 Å². The Hall–Kier alpha value is -1.50. The molecule has 7 nitrogen and oxygen atoms in total. The van der Waals surface area contributed by atoms with Gasteiger partial charge in [0.15, 0.2) is 0 Å². The molecule has 2 N–H and O–H groups in total. The highest BCUT2D eigenvalue weighted by atomic mass is 16.2. The summed E-state index contributed by atoms with van der Waals surface area (Å²) in [6, 6.07) is 0.281. The molecule has 1 aliphatic carbocycles. The van der Waals surface area contributed by atoms with E-state index in [1.165, 1.54) is 11.0 Å². The van der Waals surface area contributed by atoms with Gasteiger partial charge in [0.25, 0.3) is 0 Å². The molecular formula is C11H20N6O. The van der Waals surface area contributed by atoms with Crippen molar-refractivity contribution in [2.24, 2.45) is 11.7 Å². The fourth-order valence-corrected chi connectivity index (χ4v) is 2.78. The third-order valence-corrected chi connectivity index (χ3v) is 3.67. The molecule has 0 radical (unpaired) electrons. The number of hydrogen-bond acceptors (Lipinski definition) is 5. The van der Waals surface area contributed by atoms with E-state index >= 15 is 0 Å². The lowest BCUT2D eigenvalue weighted by Crippen LogP contribution is -2.45. The molecule has 0 aromatic carbocycles. The number of tetrazole rings is 1. The molecule has 0 aliphatic heterocycles. The summed E-state index contributed by atoms with van der Waals surface area (Å²) in [5, 5.41) is 10.8. The topological polar surface area (TPSA) is 89.9 Å². The number of carbonyl (C=O) groups excluding carboxylic acids is 1. The molecule has 1 saturated carbocycles. The van der Waals surface area contributed by atoms with Crippen molar-refractivity contribution in [3.8, 4) is 0 Å². The van der Waals surface area contributed by atoms with Crippen molar-refractivity contribution in [3.63, 3.8) is 0 Å². The summed E-state index contributed by atoms with van der Waals surface area (Å²) < 4.78 is 1.46. The minimum absolute atomic E-state index is 0.0650. The standard InChI is InChI=1S/C11H20N6O/c1-2-17(10-5-3-4-9(10)6-12)11(18)7-16-8-13-14-15-16/h8-10H,2-7,12H2,1H3. The molecule has 1 aromatic heterocycles. The Morgan fingerprint density at radius 1 is 1.56 bits per heavy atom. The monoisotopic (exact) mass is 252 g/mol. The van der Waals surface area contributed by atoms with Crippen LogP contribution in [0.1, 0.15) is 26.2 Å². The van der Waals surface area contributed by atoms with Crippen molar-refractivity contribution in [1.82, 2.24) is 25.1 Å². The van der Waals surface area contributed by atoms with Crippen molar-refractivity contribution in [3.05, 3.63) is 6.33 Å². The Labute approximate surface area is 106 Å². The summed E-state index contributed by atoms with van der Waals surface area (Å²) in [5.74, 6) is 0.498. The number of carbonyl (C=O) groups is 1. The predicted octanol–water partition coefficient (Wildman–Crippen LogP) is -0.351. The minimum atomic E-state index is 0.0650. The predicted molar refractivity (Wildman–Crippen MR) is 65.4 cm³/mol. The van der Waals surface area contributed by atoms with Gasteiger partial charge in [0.05, 0.1) is 0 Å². The van der Waals surface area contributed by atoms with E-state index in [-0.39, 0.29) is 18.5 Å². The van der Waals surface area contributed by atoms with Crippen molar-refractivity contribution < 1.29 is 4.79 Å². The number of hydrogen-bond donors (Lipinski definition) is 1. The molecule has 0 saturated heterocycles. The van der Waals surface area contributed by atoms with Crippen LogP contribution in [0.2, 0.25) is 0 Å². The number of nitrogens with two attached hydrogens (primary N) is 1. The van der Waals surface area contributed by atoms with Gasteiger partial charge in [-0.3, -0.25) is 4.79 Å².